The van der Waals surface area contributed by atoms with Gasteiger partial charge in [0.05, 0.1) is 0 Å². The number of ether oxygens (including phenoxy) is 1. The van der Waals surface area contributed by atoms with Gasteiger partial charge in [-0.1, -0.05) is 50.3 Å². The van der Waals surface area contributed by atoms with Crippen molar-refractivity contribution in [3.05, 3.63) is 47.5 Å². The maximum absolute atomic E-state index is 11.6. The normalized spacial score (nSPS) is 11.6. The number of carbonyl (C=O) groups excluding carboxylic acids is 1. The van der Waals surface area contributed by atoms with Crippen LogP contribution in [0.1, 0.15) is 26.3 Å². The average Bonchev–Trinajstić information content (AvgIpc) is 2.26. The van der Waals surface area contributed by atoms with Gasteiger partial charge in [0.15, 0.2) is 0 Å². The average molecular weight is 218 g/mol. The third-order valence-corrected chi connectivity index (χ3v) is 2.12. The molecule has 2 nitrogen and oxygen atoms in total. The molecule has 0 aliphatic heterocycles. The highest BCUT2D eigenvalue weighted by molar-refractivity contribution is 5.87. The van der Waals surface area contributed by atoms with Crippen LogP contribution in [0.3, 0.4) is 0 Å². The van der Waals surface area contributed by atoms with Gasteiger partial charge in [-0.05, 0) is 18.4 Å². The van der Waals surface area contributed by atoms with Gasteiger partial charge in [-0.25, -0.2) is 4.79 Å². The molecular weight excluding hydrogens is 200 g/mol. The highest BCUT2D eigenvalue weighted by atomic mass is 16.5. The van der Waals surface area contributed by atoms with E-state index in [-0.39, 0.29) is 5.97 Å². The lowest BCUT2D eigenvalue weighted by molar-refractivity contribution is -0.140. The lowest BCUT2D eigenvalue weighted by atomic mass is 10.1. The summed E-state index contributed by atoms with van der Waals surface area (Å²) in [6.45, 7) is 6.19. The molecule has 86 valence electrons. The molecule has 1 aromatic carbocycles. The second-order valence-corrected chi connectivity index (χ2v) is 4.16. The standard InChI is InChI=1S/C14H18O2/c1-11(2)9-12(3)14(15)16-10-13-7-5-4-6-8-13/h4-9,11H,10H2,1-3H3. The summed E-state index contributed by atoms with van der Waals surface area (Å²) in [6, 6.07) is 9.68. The summed E-state index contributed by atoms with van der Waals surface area (Å²) in [5.74, 6) is 0.127. The summed E-state index contributed by atoms with van der Waals surface area (Å²) in [6.07, 6.45) is 1.91. The fourth-order valence-corrected chi connectivity index (χ4v) is 1.40. The van der Waals surface area contributed by atoms with Crippen LogP contribution in [0.25, 0.3) is 0 Å². The molecule has 16 heavy (non-hydrogen) atoms. The Balaban J connectivity index is 2.48. The highest BCUT2D eigenvalue weighted by Crippen LogP contribution is 2.06. The molecule has 2 heteroatoms. The molecular formula is C14H18O2. The van der Waals surface area contributed by atoms with Gasteiger partial charge < -0.3 is 4.74 Å². The van der Waals surface area contributed by atoms with Crippen LogP contribution in [-0.2, 0) is 16.1 Å². The molecule has 1 aromatic rings. The molecule has 0 saturated heterocycles. The Morgan fingerprint density at radius 1 is 1.31 bits per heavy atom. The van der Waals surface area contributed by atoms with Crippen LogP contribution in [0.4, 0.5) is 0 Å². The minimum absolute atomic E-state index is 0.238. The van der Waals surface area contributed by atoms with Crippen LogP contribution in [0.15, 0.2) is 42.0 Å². The van der Waals surface area contributed by atoms with Crippen molar-refractivity contribution in [1.82, 2.24) is 0 Å². The Morgan fingerprint density at radius 3 is 2.50 bits per heavy atom. The monoisotopic (exact) mass is 218 g/mol. The quantitative estimate of drug-likeness (QED) is 0.572. The second-order valence-electron chi connectivity index (χ2n) is 4.16. The van der Waals surface area contributed by atoms with Gasteiger partial charge in [0.1, 0.15) is 6.61 Å². The second kappa shape index (κ2) is 6.11. The number of rotatable bonds is 4. The van der Waals surface area contributed by atoms with Crippen LogP contribution in [0, 0.1) is 5.92 Å². The number of hydrogen-bond donors (Lipinski definition) is 0. The smallest absolute Gasteiger partial charge is 0.333 e. The molecule has 0 spiro atoms. The molecule has 0 bridgehead atoms. The van der Waals surface area contributed by atoms with Crippen LogP contribution in [-0.4, -0.2) is 5.97 Å². The number of benzene rings is 1. The van der Waals surface area contributed by atoms with Crippen molar-refractivity contribution in [3.63, 3.8) is 0 Å². The van der Waals surface area contributed by atoms with E-state index in [1.807, 2.05) is 50.3 Å². The van der Waals surface area contributed by atoms with E-state index in [1.165, 1.54) is 0 Å². The Hall–Kier alpha value is -1.57. The molecule has 0 aliphatic carbocycles. The van der Waals surface area contributed by atoms with Crippen LogP contribution < -0.4 is 0 Å². The summed E-state index contributed by atoms with van der Waals surface area (Å²) in [4.78, 5) is 11.6. The summed E-state index contributed by atoms with van der Waals surface area (Å²) in [7, 11) is 0. The molecule has 0 saturated carbocycles. The van der Waals surface area contributed by atoms with Gasteiger partial charge in [-0.15, -0.1) is 0 Å². The number of allylic oxidation sites excluding steroid dienone is 1. The zero-order valence-corrected chi connectivity index (χ0v) is 10.1. The van der Waals surface area contributed by atoms with Crippen LogP contribution in [0.5, 0.6) is 0 Å². The predicted molar refractivity (Wildman–Crippen MR) is 64.8 cm³/mol. The first-order valence-electron chi connectivity index (χ1n) is 5.49. The van der Waals surface area contributed by atoms with Gasteiger partial charge in [-0.3, -0.25) is 0 Å². The van der Waals surface area contributed by atoms with Gasteiger partial charge in [-0.2, -0.15) is 0 Å². The van der Waals surface area contributed by atoms with Crippen LogP contribution in [0.2, 0.25) is 0 Å². The van der Waals surface area contributed by atoms with Gasteiger partial charge in [0.2, 0.25) is 0 Å². The number of hydrogen-bond acceptors (Lipinski definition) is 2. The predicted octanol–water partition coefficient (Wildman–Crippen LogP) is 3.33. The third-order valence-electron chi connectivity index (χ3n) is 2.12. The minimum atomic E-state index is -0.238. The fourth-order valence-electron chi connectivity index (χ4n) is 1.40. The highest BCUT2D eigenvalue weighted by Gasteiger charge is 2.06. The summed E-state index contributed by atoms with van der Waals surface area (Å²) >= 11 is 0. The Labute approximate surface area is 96.9 Å². The maximum Gasteiger partial charge on any atom is 0.333 e. The molecule has 0 heterocycles. The van der Waals surface area contributed by atoms with Crippen molar-refractivity contribution in [3.8, 4) is 0 Å². The minimum Gasteiger partial charge on any atom is -0.457 e. The summed E-state index contributed by atoms with van der Waals surface area (Å²) < 4.78 is 5.18. The molecule has 0 unspecified atom stereocenters. The van der Waals surface area contributed by atoms with E-state index >= 15 is 0 Å². The molecule has 0 N–H and O–H groups in total. The number of carbonyl (C=O) groups is 1. The molecule has 0 amide bonds. The van der Waals surface area contributed by atoms with E-state index in [9.17, 15) is 4.79 Å². The third kappa shape index (κ3) is 4.30. The van der Waals surface area contributed by atoms with Gasteiger partial charge in [0.25, 0.3) is 0 Å². The lowest BCUT2D eigenvalue weighted by Gasteiger charge is -2.05. The first-order chi connectivity index (χ1) is 7.59. The zero-order valence-electron chi connectivity index (χ0n) is 10.1. The fraction of sp³-hybridized carbons (Fsp3) is 0.357. The van der Waals surface area contributed by atoms with Gasteiger partial charge in [0, 0.05) is 5.57 Å². The van der Waals surface area contributed by atoms with E-state index < -0.39 is 0 Å². The van der Waals surface area contributed by atoms with Crippen molar-refractivity contribution >= 4 is 5.97 Å². The molecule has 0 aliphatic rings. The van der Waals surface area contributed by atoms with E-state index in [4.69, 9.17) is 4.74 Å². The van der Waals surface area contributed by atoms with Crippen molar-refractivity contribution in [2.24, 2.45) is 5.92 Å². The van der Waals surface area contributed by atoms with Crippen molar-refractivity contribution < 1.29 is 9.53 Å². The van der Waals surface area contributed by atoms with Crippen molar-refractivity contribution in [2.75, 3.05) is 0 Å². The summed E-state index contributed by atoms with van der Waals surface area (Å²) in [5, 5.41) is 0. The Kier molecular flexibility index (Phi) is 4.77. The Morgan fingerprint density at radius 2 is 1.94 bits per heavy atom. The first kappa shape index (κ1) is 12.5. The van der Waals surface area contributed by atoms with E-state index in [1.54, 1.807) is 6.92 Å². The lowest BCUT2D eigenvalue weighted by Crippen LogP contribution is -2.06. The molecule has 0 atom stereocenters. The SMILES string of the molecule is CC(=CC(C)C)C(=O)OCc1ccccc1. The molecule has 0 aromatic heterocycles. The largest absolute Gasteiger partial charge is 0.457 e. The van der Waals surface area contributed by atoms with E-state index in [2.05, 4.69) is 0 Å². The zero-order chi connectivity index (χ0) is 12.0. The molecule has 0 fully saturated rings. The number of esters is 1. The molecule has 0 radical (unpaired) electrons. The summed E-state index contributed by atoms with van der Waals surface area (Å²) in [5.41, 5.74) is 1.68. The van der Waals surface area contributed by atoms with Crippen molar-refractivity contribution in [2.45, 2.75) is 27.4 Å². The van der Waals surface area contributed by atoms with E-state index in [0.717, 1.165) is 5.56 Å². The van der Waals surface area contributed by atoms with E-state index in [0.29, 0.717) is 18.1 Å². The van der Waals surface area contributed by atoms with Crippen LogP contribution >= 0.6 is 0 Å². The van der Waals surface area contributed by atoms with Gasteiger partial charge >= 0.3 is 5.97 Å². The maximum atomic E-state index is 11.6. The first-order valence-corrected chi connectivity index (χ1v) is 5.49. The topological polar surface area (TPSA) is 26.3 Å². The molecule has 1 rings (SSSR count). The Bertz CT molecular complexity index is 364. The van der Waals surface area contributed by atoms with Crippen molar-refractivity contribution in [1.29, 1.82) is 0 Å².